The van der Waals surface area contributed by atoms with Crippen LogP contribution in [0.2, 0.25) is 0 Å². The van der Waals surface area contributed by atoms with Crippen LogP contribution in [0, 0.1) is 12.7 Å². The number of amides is 1. The van der Waals surface area contributed by atoms with Crippen LogP contribution in [0.4, 0.5) is 21.7 Å². The summed E-state index contributed by atoms with van der Waals surface area (Å²) in [5.41, 5.74) is 3.58. The van der Waals surface area contributed by atoms with Crippen molar-refractivity contribution in [2.75, 3.05) is 43.6 Å². The van der Waals surface area contributed by atoms with Crippen LogP contribution in [0.15, 0.2) is 53.7 Å². The van der Waals surface area contributed by atoms with Gasteiger partial charge in [-0.05, 0) is 51.1 Å². The van der Waals surface area contributed by atoms with Crippen molar-refractivity contribution in [2.24, 2.45) is 0 Å². The summed E-state index contributed by atoms with van der Waals surface area (Å²) in [6.45, 7) is 8.76. The normalized spacial score (nSPS) is 17.3. The Hall–Kier alpha value is -3.87. The SMILES string of the molecule is CC[C@@H](C(=O)Nc1cccc2c(-c3nc(Nc4cccc(S(C)(=O)=O)c4F)ncc3C)c[nH]c12)N1CCN(C)C[C@H]1C. The van der Waals surface area contributed by atoms with Crippen molar-refractivity contribution >= 4 is 44.0 Å². The van der Waals surface area contributed by atoms with E-state index in [0.29, 0.717) is 17.8 Å². The smallest absolute Gasteiger partial charge is 0.241 e. The molecule has 222 valence electrons. The Balaban J connectivity index is 1.43. The van der Waals surface area contributed by atoms with Crippen molar-refractivity contribution < 1.29 is 17.6 Å². The number of piperazine rings is 1. The highest BCUT2D eigenvalue weighted by molar-refractivity contribution is 7.90. The molecule has 1 aliphatic heterocycles. The van der Waals surface area contributed by atoms with Crippen LogP contribution in [-0.2, 0) is 14.6 Å². The summed E-state index contributed by atoms with van der Waals surface area (Å²) in [5.74, 6) is -0.818. The minimum atomic E-state index is -3.75. The van der Waals surface area contributed by atoms with Gasteiger partial charge in [-0.3, -0.25) is 9.69 Å². The zero-order valence-electron chi connectivity index (χ0n) is 24.4. The molecule has 1 fully saturated rings. The second kappa shape index (κ2) is 11.8. The van der Waals surface area contributed by atoms with Gasteiger partial charge in [0.1, 0.15) is 4.90 Å². The molecule has 1 amide bonds. The number of fused-ring (bicyclic) bond motifs is 1. The molecule has 3 N–H and O–H groups in total. The number of carbonyl (C=O) groups is 1. The maximum atomic E-state index is 15.0. The molecular formula is C30H36FN7O3S. The number of para-hydroxylation sites is 1. The third-order valence-corrected chi connectivity index (χ3v) is 8.90. The van der Waals surface area contributed by atoms with Gasteiger partial charge in [-0.25, -0.2) is 22.8 Å². The second-order valence-corrected chi connectivity index (χ2v) is 12.9. The lowest BCUT2D eigenvalue weighted by Crippen LogP contribution is -2.57. The minimum absolute atomic E-state index is 0.0411. The molecule has 5 rings (SSSR count). The van der Waals surface area contributed by atoms with E-state index in [1.807, 2.05) is 38.2 Å². The number of aromatic amines is 1. The van der Waals surface area contributed by atoms with E-state index in [9.17, 15) is 17.6 Å². The summed E-state index contributed by atoms with van der Waals surface area (Å²) in [6, 6.07) is 9.85. The number of sulfone groups is 1. The van der Waals surface area contributed by atoms with E-state index in [0.717, 1.165) is 47.9 Å². The highest BCUT2D eigenvalue weighted by Crippen LogP contribution is 2.34. The van der Waals surface area contributed by atoms with Crippen LogP contribution in [0.3, 0.4) is 0 Å². The van der Waals surface area contributed by atoms with Crippen molar-refractivity contribution in [2.45, 2.75) is 44.2 Å². The van der Waals surface area contributed by atoms with Crippen molar-refractivity contribution in [3.8, 4) is 11.3 Å². The van der Waals surface area contributed by atoms with Crippen LogP contribution in [-0.4, -0.2) is 84.1 Å². The summed E-state index contributed by atoms with van der Waals surface area (Å²) in [5, 5.41) is 6.82. The summed E-state index contributed by atoms with van der Waals surface area (Å²) < 4.78 is 38.9. The summed E-state index contributed by atoms with van der Waals surface area (Å²) in [4.78, 5) is 29.9. The number of H-pyrrole nitrogens is 1. The number of nitrogens with one attached hydrogen (secondary N) is 3. The number of benzene rings is 2. The minimum Gasteiger partial charge on any atom is -0.359 e. The molecule has 2 atom stereocenters. The highest BCUT2D eigenvalue weighted by Gasteiger charge is 2.31. The average molecular weight is 594 g/mol. The lowest BCUT2D eigenvalue weighted by Gasteiger charge is -2.42. The van der Waals surface area contributed by atoms with Crippen molar-refractivity contribution in [1.29, 1.82) is 0 Å². The first-order valence-electron chi connectivity index (χ1n) is 13.9. The maximum absolute atomic E-state index is 15.0. The zero-order chi connectivity index (χ0) is 30.2. The molecule has 4 aromatic rings. The molecule has 0 saturated carbocycles. The molecule has 0 radical (unpaired) electrons. The first-order chi connectivity index (χ1) is 20.0. The van der Waals surface area contributed by atoms with E-state index in [1.54, 1.807) is 6.20 Å². The van der Waals surface area contributed by atoms with E-state index in [4.69, 9.17) is 0 Å². The molecule has 2 aromatic heterocycles. The standard InChI is InChI=1S/C30H36FN7O3S/c1-6-24(38-14-13-37(4)17-19(38)3)29(39)34-23-11-7-9-20-21(16-32-28(20)23)27-18(2)15-33-30(36-27)35-22-10-8-12-25(26(22)31)42(5,40)41/h7-12,15-16,19,24,32H,6,13-14,17H2,1-5H3,(H,34,39)(H,33,35,36)/t19-,24+/m1/s1. The fraction of sp³-hybridized carbons (Fsp3) is 0.367. The number of aromatic nitrogens is 3. The Kier molecular flexibility index (Phi) is 8.31. The van der Waals surface area contributed by atoms with Crippen LogP contribution in [0.25, 0.3) is 22.2 Å². The number of rotatable bonds is 8. The number of halogens is 1. The molecule has 0 bridgehead atoms. The van der Waals surface area contributed by atoms with Gasteiger partial charge in [0.25, 0.3) is 0 Å². The van der Waals surface area contributed by atoms with Gasteiger partial charge in [0.15, 0.2) is 15.7 Å². The van der Waals surface area contributed by atoms with Gasteiger partial charge in [-0.1, -0.05) is 25.1 Å². The van der Waals surface area contributed by atoms with Crippen LogP contribution in [0.1, 0.15) is 25.8 Å². The van der Waals surface area contributed by atoms with Gasteiger partial charge in [0.2, 0.25) is 11.9 Å². The van der Waals surface area contributed by atoms with E-state index < -0.39 is 20.5 Å². The van der Waals surface area contributed by atoms with Gasteiger partial charge in [0, 0.05) is 55.3 Å². The number of anilines is 3. The molecule has 2 aromatic carbocycles. The Morgan fingerprint density at radius 2 is 1.93 bits per heavy atom. The molecule has 0 spiro atoms. The number of aryl methyl sites for hydroxylation is 1. The number of nitrogens with zero attached hydrogens (tertiary/aromatic N) is 4. The van der Waals surface area contributed by atoms with Gasteiger partial charge in [0.05, 0.1) is 28.6 Å². The van der Waals surface area contributed by atoms with E-state index in [2.05, 4.69) is 49.4 Å². The monoisotopic (exact) mass is 593 g/mol. The van der Waals surface area contributed by atoms with Gasteiger partial charge in [-0.2, -0.15) is 0 Å². The first kappa shape index (κ1) is 29.6. The molecule has 42 heavy (non-hydrogen) atoms. The topological polar surface area (TPSA) is 123 Å². The van der Waals surface area contributed by atoms with Gasteiger partial charge >= 0.3 is 0 Å². The third kappa shape index (κ3) is 5.87. The quantitative estimate of drug-likeness (QED) is 0.272. The molecule has 10 nitrogen and oxygen atoms in total. The van der Waals surface area contributed by atoms with Crippen LogP contribution >= 0.6 is 0 Å². The predicted octanol–water partition coefficient (Wildman–Crippen LogP) is 4.57. The van der Waals surface area contributed by atoms with Crippen molar-refractivity contribution in [3.05, 3.63) is 60.2 Å². The van der Waals surface area contributed by atoms with E-state index in [1.165, 1.54) is 18.2 Å². The third-order valence-electron chi connectivity index (χ3n) is 7.78. The Morgan fingerprint density at radius 3 is 2.64 bits per heavy atom. The number of carbonyl (C=O) groups excluding carboxylic acids is 1. The van der Waals surface area contributed by atoms with E-state index in [-0.39, 0.29) is 29.6 Å². The molecule has 1 aliphatic rings. The summed E-state index contributed by atoms with van der Waals surface area (Å²) in [6.07, 6.45) is 5.11. The summed E-state index contributed by atoms with van der Waals surface area (Å²) >= 11 is 0. The van der Waals surface area contributed by atoms with Gasteiger partial charge in [-0.15, -0.1) is 0 Å². The number of hydrogen-bond acceptors (Lipinski definition) is 8. The number of likely N-dealkylation sites (N-methyl/N-ethyl adjacent to an activating group) is 1. The predicted molar refractivity (Wildman–Crippen MR) is 163 cm³/mol. The molecule has 12 heteroatoms. The average Bonchev–Trinajstić information content (AvgIpc) is 3.37. The summed E-state index contributed by atoms with van der Waals surface area (Å²) in [7, 11) is -1.65. The molecule has 0 aliphatic carbocycles. The largest absolute Gasteiger partial charge is 0.359 e. The molecule has 3 heterocycles. The van der Waals surface area contributed by atoms with Crippen molar-refractivity contribution in [3.63, 3.8) is 0 Å². The van der Waals surface area contributed by atoms with Crippen LogP contribution in [0.5, 0.6) is 0 Å². The second-order valence-electron chi connectivity index (χ2n) is 10.9. The maximum Gasteiger partial charge on any atom is 0.241 e. The first-order valence-corrected chi connectivity index (χ1v) is 15.8. The Bertz CT molecular complexity index is 1740. The molecular weight excluding hydrogens is 557 g/mol. The van der Waals surface area contributed by atoms with Gasteiger partial charge < -0.3 is 20.5 Å². The number of hydrogen-bond donors (Lipinski definition) is 3. The van der Waals surface area contributed by atoms with Crippen molar-refractivity contribution in [1.82, 2.24) is 24.8 Å². The lowest BCUT2D eigenvalue weighted by atomic mass is 10.1. The highest BCUT2D eigenvalue weighted by atomic mass is 32.2. The fourth-order valence-electron chi connectivity index (χ4n) is 5.65. The fourth-order valence-corrected chi connectivity index (χ4v) is 6.41. The van der Waals surface area contributed by atoms with Crippen LogP contribution < -0.4 is 10.6 Å². The molecule has 0 unspecified atom stereocenters. The zero-order valence-corrected chi connectivity index (χ0v) is 25.2. The lowest BCUT2D eigenvalue weighted by molar-refractivity contribution is -0.123. The van der Waals surface area contributed by atoms with E-state index >= 15 is 0 Å². The Morgan fingerprint density at radius 1 is 1.19 bits per heavy atom. The Labute approximate surface area is 245 Å². The molecule has 1 saturated heterocycles.